The first-order chi connectivity index (χ1) is 40.5. The zero-order chi connectivity index (χ0) is 61.8. The van der Waals surface area contributed by atoms with Crippen LogP contribution in [0.3, 0.4) is 0 Å². The van der Waals surface area contributed by atoms with Gasteiger partial charge in [-0.25, -0.2) is 19.6 Å². The molecular formula is C69H86EuN6O8Si2+3. The summed E-state index contributed by atoms with van der Waals surface area (Å²) in [6.45, 7) is 31.2. The third-order valence-corrected chi connectivity index (χ3v) is 28.9. The van der Waals surface area contributed by atoms with Crippen LogP contribution in [0, 0.1) is 96.0 Å². The van der Waals surface area contributed by atoms with E-state index in [1.165, 1.54) is 12.1 Å². The van der Waals surface area contributed by atoms with Crippen LogP contribution < -0.4 is 9.47 Å². The van der Waals surface area contributed by atoms with Gasteiger partial charge >= 0.3 is 67.3 Å². The summed E-state index contributed by atoms with van der Waals surface area (Å²) in [7, 11) is -3.62. The van der Waals surface area contributed by atoms with Crippen LogP contribution in [0.4, 0.5) is 0 Å². The minimum absolute atomic E-state index is 0. The first-order valence-corrected chi connectivity index (χ1v) is 34.3. The molecule has 0 saturated heterocycles. The Kier molecular flexibility index (Phi) is 28.0. The number of aromatic carboxylic acids is 2. The van der Waals surface area contributed by atoms with Gasteiger partial charge in [0, 0.05) is 87.5 Å². The van der Waals surface area contributed by atoms with Crippen LogP contribution in [0.1, 0.15) is 162 Å². The molecule has 6 rings (SSSR count). The van der Waals surface area contributed by atoms with Crippen molar-refractivity contribution in [3.8, 4) is 58.1 Å². The van der Waals surface area contributed by atoms with Crippen molar-refractivity contribution in [1.82, 2.24) is 29.7 Å². The quantitative estimate of drug-likeness (QED) is 0.0381. The van der Waals surface area contributed by atoms with Gasteiger partial charge < -0.3 is 24.8 Å². The van der Waals surface area contributed by atoms with Gasteiger partial charge in [-0.3, -0.25) is 24.5 Å². The number of ether oxygens (including phenoxy) is 2. The molecule has 0 fully saturated rings. The minimum atomic E-state index is -1.81. The summed E-state index contributed by atoms with van der Waals surface area (Å²) in [5.41, 5.74) is 15.4. The maximum Gasteiger partial charge on any atom is 3.00 e. The third kappa shape index (κ3) is 20.6. The third-order valence-electron chi connectivity index (χ3n) is 16.2. The fourth-order valence-corrected chi connectivity index (χ4v) is 22.7. The van der Waals surface area contributed by atoms with Crippen molar-refractivity contribution in [2.24, 2.45) is 0 Å². The number of carboxylic acids is 3. The van der Waals surface area contributed by atoms with Crippen LogP contribution in [0.15, 0.2) is 91.0 Å². The summed E-state index contributed by atoms with van der Waals surface area (Å²) < 4.78 is 12.1. The summed E-state index contributed by atoms with van der Waals surface area (Å²) in [4.78, 5) is 57.2. The van der Waals surface area contributed by atoms with Crippen LogP contribution >= 0.6 is 0 Å². The second-order valence-corrected chi connectivity index (χ2v) is 35.1. The zero-order valence-electron chi connectivity index (χ0n) is 52.3. The molecule has 0 radical (unpaired) electrons. The molecule has 17 heteroatoms. The van der Waals surface area contributed by atoms with Crippen LogP contribution in [-0.4, -0.2) is 125 Å². The summed E-state index contributed by atoms with van der Waals surface area (Å²) in [6, 6.07) is 27.2. The number of aliphatic carboxylic acids is 1. The van der Waals surface area contributed by atoms with Crippen molar-refractivity contribution in [3.05, 3.63) is 147 Å². The first kappa shape index (κ1) is 70.8. The van der Waals surface area contributed by atoms with Crippen molar-refractivity contribution >= 4 is 34.1 Å². The van der Waals surface area contributed by atoms with Crippen molar-refractivity contribution in [2.75, 3.05) is 45.9 Å². The average molecular weight is 1340 g/mol. The van der Waals surface area contributed by atoms with Crippen molar-refractivity contribution in [1.29, 1.82) is 0 Å². The molecule has 0 aliphatic carbocycles. The Hall–Kier alpha value is -5.96. The van der Waals surface area contributed by atoms with Gasteiger partial charge in [0.1, 0.15) is 39.0 Å². The molecule has 86 heavy (non-hydrogen) atoms. The van der Waals surface area contributed by atoms with Crippen molar-refractivity contribution in [2.45, 2.75) is 155 Å². The number of fused-ring (bicyclic) bond motifs is 2. The molecule has 5 aromatic rings. The van der Waals surface area contributed by atoms with Gasteiger partial charge in [-0.05, 0) is 118 Å². The summed E-state index contributed by atoms with van der Waals surface area (Å²) >= 11 is 0. The van der Waals surface area contributed by atoms with Crippen LogP contribution in [0.25, 0.3) is 0 Å². The number of hydrogen-bond donors (Lipinski definition) is 3. The van der Waals surface area contributed by atoms with Crippen LogP contribution in [0.2, 0.25) is 33.2 Å². The van der Waals surface area contributed by atoms with Gasteiger partial charge in [0.15, 0.2) is 0 Å². The molecule has 0 amide bonds. The first-order valence-electron chi connectivity index (χ1n) is 29.8. The topological polar surface area (TPSA) is 179 Å². The largest absolute Gasteiger partial charge is 3.00 e. The van der Waals surface area contributed by atoms with Gasteiger partial charge in [0.2, 0.25) is 0 Å². The molecule has 0 saturated carbocycles. The molecule has 0 spiro atoms. The molecule has 2 aromatic carbocycles. The van der Waals surface area contributed by atoms with E-state index in [1.54, 1.807) is 12.1 Å². The van der Waals surface area contributed by atoms with E-state index in [0.717, 1.165) is 16.8 Å². The molecule has 1 aliphatic heterocycles. The van der Waals surface area contributed by atoms with Crippen molar-refractivity contribution in [3.63, 3.8) is 0 Å². The van der Waals surface area contributed by atoms with Crippen LogP contribution in [0.5, 0.6) is 11.5 Å². The molecular weight excluding hydrogens is 1250 g/mol. The Morgan fingerprint density at radius 3 is 1.23 bits per heavy atom. The standard InChI is InChI=1S/C69H86N6O8Si2.Eu/c1-49(2)84(50(3)4,51(5)6)38-15-13-36-82-63-28-24-55(25-29-63)20-22-57-40-61(71-65(42-57)68(78)79)46-73-32-34-74(44-59-18-17-19-60(70-59)45-75(35-33-73)48-67(76)77)47-62-41-58(43-66(72-62)69(80)81)23-21-56-26-30-64(31-27-56)83-37-14-16-39-85(52(7)8,53(9)10)54(11)12;/h17-19,24-31,40-43,49-54H,13-14,32-37,44-48H2,1-12H3,(H,76,77)(H,78,79)(H,80,81);/q;+3. The Labute approximate surface area is 554 Å². The summed E-state index contributed by atoms with van der Waals surface area (Å²) in [5, 5.41) is 30.4. The Morgan fingerprint density at radius 1 is 0.488 bits per heavy atom. The van der Waals surface area contributed by atoms with Crippen LogP contribution in [-0.2, 0) is 31.0 Å². The number of carboxylic acid groups (broad SMARTS) is 3. The second-order valence-electron chi connectivity index (χ2n) is 23.9. The molecule has 0 atom stereocenters. The number of carbonyl (C=O) groups is 3. The molecule has 3 N–H and O–H groups in total. The Bertz CT molecular complexity index is 3320. The molecule has 452 valence electrons. The van der Waals surface area contributed by atoms with E-state index >= 15 is 0 Å². The summed E-state index contributed by atoms with van der Waals surface area (Å²) in [5.74, 6) is 17.7. The zero-order valence-corrected chi connectivity index (χ0v) is 56.7. The fourth-order valence-electron chi connectivity index (χ4n) is 12.1. The molecule has 2 bridgehead atoms. The predicted octanol–water partition coefficient (Wildman–Crippen LogP) is 12.5. The molecule has 0 unspecified atom stereocenters. The monoisotopic (exact) mass is 1340 g/mol. The van der Waals surface area contributed by atoms with E-state index in [4.69, 9.17) is 14.5 Å². The normalized spacial score (nSPS) is 13.5. The van der Waals surface area contributed by atoms with E-state index in [-0.39, 0.29) is 86.9 Å². The van der Waals surface area contributed by atoms with E-state index in [0.29, 0.717) is 132 Å². The van der Waals surface area contributed by atoms with Gasteiger partial charge in [0.05, 0.1) is 42.5 Å². The number of pyridine rings is 3. The molecule has 14 nitrogen and oxygen atoms in total. The predicted molar refractivity (Wildman–Crippen MR) is 342 cm³/mol. The minimum Gasteiger partial charge on any atom is -0.493 e. The number of benzene rings is 2. The molecule has 4 heterocycles. The number of rotatable bonds is 20. The van der Waals surface area contributed by atoms with E-state index in [2.05, 4.69) is 149 Å². The van der Waals surface area contributed by atoms with E-state index < -0.39 is 34.1 Å². The Morgan fingerprint density at radius 2 is 0.849 bits per heavy atom. The smallest absolute Gasteiger partial charge is 0.493 e. The maximum atomic E-state index is 12.5. The van der Waals surface area contributed by atoms with Gasteiger partial charge in [-0.15, -0.1) is 22.9 Å². The number of hydrogen-bond acceptors (Lipinski definition) is 11. The van der Waals surface area contributed by atoms with E-state index in [9.17, 15) is 29.7 Å². The Balaban J connectivity index is 0.0000135. The second kappa shape index (κ2) is 34.0. The number of nitrogens with zero attached hydrogens (tertiary/aromatic N) is 6. The van der Waals surface area contributed by atoms with Crippen molar-refractivity contribution < 1.29 is 88.6 Å². The van der Waals surface area contributed by atoms with Gasteiger partial charge in [-0.1, -0.05) is 113 Å². The van der Waals surface area contributed by atoms with Gasteiger partial charge in [0.25, 0.3) is 0 Å². The maximum absolute atomic E-state index is 12.5. The molecule has 3 aromatic heterocycles. The summed E-state index contributed by atoms with van der Waals surface area (Å²) in [6.07, 6.45) is 1.29. The average Bonchev–Trinajstić information content (AvgIpc) is 2.27. The molecule has 1 aliphatic rings. The van der Waals surface area contributed by atoms with E-state index in [1.807, 2.05) is 71.6 Å². The SMILES string of the molecule is CC(C)[Si](C#CCCOc1ccc(C#Cc2cc(CN3CCN(CC(=O)O)Cc4cccc(n4)CN(Cc4cc(C#Cc5ccc(OCCC#C[Si](C(C)C)(C(C)C)C(C)C)cc5)cc(C(=O)O)n4)CC3)nc(C(=O)O)c2)cc1)(C(C)C)C(C)C.[Eu+3]. The number of aromatic nitrogens is 3. The van der Waals surface area contributed by atoms with Gasteiger partial charge in [-0.2, -0.15) is 0 Å². The fraction of sp³-hybridized carbons (Fsp3) is 0.449.